The molecule has 2 N–H and O–H groups in total. The lowest BCUT2D eigenvalue weighted by Crippen LogP contribution is -2.37. The number of nitrogens with two attached hydrogens (primary N) is 1. The molecule has 0 saturated heterocycles. The number of nitrogens with zero attached hydrogens (tertiary/aromatic N) is 2. The predicted molar refractivity (Wildman–Crippen MR) is 74.3 cm³/mol. The molecule has 0 fully saturated rings. The van der Waals surface area contributed by atoms with Gasteiger partial charge in [0.1, 0.15) is 0 Å². The van der Waals surface area contributed by atoms with E-state index in [1.807, 2.05) is 6.92 Å². The van der Waals surface area contributed by atoms with Gasteiger partial charge in [-0.15, -0.1) is 0 Å². The predicted octanol–water partition coefficient (Wildman–Crippen LogP) is 2.09. The van der Waals surface area contributed by atoms with Crippen molar-refractivity contribution in [3.8, 4) is 0 Å². The van der Waals surface area contributed by atoms with Crippen molar-refractivity contribution in [1.29, 1.82) is 0 Å². The second-order valence-electron chi connectivity index (χ2n) is 4.44. The van der Waals surface area contributed by atoms with Crippen molar-refractivity contribution in [2.24, 2.45) is 16.6 Å². The molecule has 0 spiro atoms. The van der Waals surface area contributed by atoms with Crippen LogP contribution in [0, 0.1) is 5.92 Å². The first-order valence-electron chi connectivity index (χ1n) is 6.73. The van der Waals surface area contributed by atoms with Crippen molar-refractivity contribution in [2.75, 3.05) is 26.2 Å². The van der Waals surface area contributed by atoms with E-state index in [1.54, 1.807) is 0 Å². The summed E-state index contributed by atoms with van der Waals surface area (Å²) in [7, 11) is 0. The highest BCUT2D eigenvalue weighted by atomic mass is 16.5. The van der Waals surface area contributed by atoms with Gasteiger partial charge in [-0.1, -0.05) is 13.8 Å². The zero-order valence-corrected chi connectivity index (χ0v) is 12.1. The number of hydrogen-bond donors (Lipinski definition) is 1. The van der Waals surface area contributed by atoms with E-state index in [0.717, 1.165) is 32.7 Å². The molecule has 4 nitrogen and oxygen atoms in total. The van der Waals surface area contributed by atoms with Crippen molar-refractivity contribution in [3.05, 3.63) is 0 Å². The average Bonchev–Trinajstić information content (AvgIpc) is 2.29. The standard InChI is InChI=1S/C13H29N3O/c1-6-16(7-2)13(14)15-10-9-12(11(4)5)17-8-3/h11-12H,6-10H2,1-5H3,(H2,14,15). The number of ether oxygens (including phenoxy) is 1. The molecule has 0 radical (unpaired) electrons. The summed E-state index contributed by atoms with van der Waals surface area (Å²) in [6.45, 7) is 13.9. The molecule has 0 aromatic heterocycles. The Morgan fingerprint density at radius 3 is 2.24 bits per heavy atom. The summed E-state index contributed by atoms with van der Waals surface area (Å²) in [5, 5.41) is 0. The molecule has 0 aliphatic heterocycles. The van der Waals surface area contributed by atoms with E-state index in [-0.39, 0.29) is 6.10 Å². The Kier molecular flexibility index (Phi) is 8.86. The van der Waals surface area contributed by atoms with E-state index in [2.05, 4.69) is 37.6 Å². The average molecular weight is 243 g/mol. The minimum atomic E-state index is 0.285. The van der Waals surface area contributed by atoms with Crippen molar-refractivity contribution in [3.63, 3.8) is 0 Å². The SMILES string of the molecule is CCOC(CCN=C(N)N(CC)CC)C(C)C. The van der Waals surface area contributed by atoms with Crippen molar-refractivity contribution in [2.45, 2.75) is 47.1 Å². The highest BCUT2D eigenvalue weighted by molar-refractivity contribution is 5.77. The normalized spacial score (nSPS) is 14.1. The number of hydrogen-bond acceptors (Lipinski definition) is 2. The maximum Gasteiger partial charge on any atom is 0.191 e. The van der Waals surface area contributed by atoms with Gasteiger partial charge in [-0.25, -0.2) is 0 Å². The smallest absolute Gasteiger partial charge is 0.191 e. The maximum absolute atomic E-state index is 5.91. The Hall–Kier alpha value is -0.770. The summed E-state index contributed by atoms with van der Waals surface area (Å²) < 4.78 is 5.67. The van der Waals surface area contributed by atoms with Crippen LogP contribution in [0.4, 0.5) is 0 Å². The Morgan fingerprint density at radius 1 is 1.24 bits per heavy atom. The van der Waals surface area contributed by atoms with Crippen LogP contribution in [0.15, 0.2) is 4.99 Å². The molecular formula is C13H29N3O. The third kappa shape index (κ3) is 6.51. The summed E-state index contributed by atoms with van der Waals surface area (Å²) in [6.07, 6.45) is 1.22. The van der Waals surface area contributed by atoms with Gasteiger partial charge in [0.15, 0.2) is 5.96 Å². The third-order valence-corrected chi connectivity index (χ3v) is 2.90. The van der Waals surface area contributed by atoms with Gasteiger partial charge >= 0.3 is 0 Å². The van der Waals surface area contributed by atoms with Gasteiger partial charge in [0.2, 0.25) is 0 Å². The highest BCUT2D eigenvalue weighted by Gasteiger charge is 2.12. The summed E-state index contributed by atoms with van der Waals surface area (Å²) in [4.78, 5) is 6.47. The Balaban J connectivity index is 4.12. The topological polar surface area (TPSA) is 50.9 Å². The van der Waals surface area contributed by atoms with Crippen LogP contribution in [0.3, 0.4) is 0 Å². The Labute approximate surface area is 106 Å². The Morgan fingerprint density at radius 2 is 1.82 bits per heavy atom. The molecule has 0 heterocycles. The van der Waals surface area contributed by atoms with Gasteiger partial charge < -0.3 is 15.4 Å². The van der Waals surface area contributed by atoms with Gasteiger partial charge in [-0.2, -0.15) is 0 Å². The molecule has 4 heteroatoms. The molecule has 102 valence electrons. The first-order chi connectivity index (χ1) is 8.06. The highest BCUT2D eigenvalue weighted by Crippen LogP contribution is 2.10. The molecule has 17 heavy (non-hydrogen) atoms. The molecule has 1 atom stereocenters. The lowest BCUT2D eigenvalue weighted by atomic mass is 10.0. The van der Waals surface area contributed by atoms with E-state index in [4.69, 9.17) is 10.5 Å². The molecule has 1 unspecified atom stereocenters. The van der Waals surface area contributed by atoms with Crippen LogP contribution in [0.2, 0.25) is 0 Å². The van der Waals surface area contributed by atoms with Crippen LogP contribution < -0.4 is 5.73 Å². The fraction of sp³-hybridized carbons (Fsp3) is 0.923. The molecule has 0 rings (SSSR count). The molecule has 0 saturated carbocycles. The van der Waals surface area contributed by atoms with E-state index >= 15 is 0 Å². The fourth-order valence-electron chi connectivity index (χ4n) is 1.78. The fourth-order valence-corrected chi connectivity index (χ4v) is 1.78. The minimum Gasteiger partial charge on any atom is -0.378 e. The largest absolute Gasteiger partial charge is 0.378 e. The second-order valence-corrected chi connectivity index (χ2v) is 4.44. The van der Waals surface area contributed by atoms with Gasteiger partial charge in [0.25, 0.3) is 0 Å². The van der Waals surface area contributed by atoms with Crippen molar-refractivity contribution >= 4 is 5.96 Å². The number of rotatable bonds is 8. The van der Waals surface area contributed by atoms with Crippen LogP contribution in [0.1, 0.15) is 41.0 Å². The van der Waals surface area contributed by atoms with Crippen molar-refractivity contribution in [1.82, 2.24) is 4.90 Å². The summed E-state index contributed by atoms with van der Waals surface area (Å²) in [6, 6.07) is 0. The lowest BCUT2D eigenvalue weighted by molar-refractivity contribution is 0.0266. The first-order valence-corrected chi connectivity index (χ1v) is 6.73. The zero-order chi connectivity index (χ0) is 13.3. The minimum absolute atomic E-state index is 0.285. The molecule has 0 aliphatic carbocycles. The van der Waals surface area contributed by atoms with Crippen molar-refractivity contribution < 1.29 is 4.74 Å². The van der Waals surface area contributed by atoms with Crippen LogP contribution in [0.25, 0.3) is 0 Å². The van der Waals surface area contributed by atoms with E-state index in [9.17, 15) is 0 Å². The van der Waals surface area contributed by atoms with Gasteiger partial charge in [0.05, 0.1) is 6.10 Å². The first kappa shape index (κ1) is 16.2. The molecule has 0 aromatic rings. The molecule has 0 bridgehead atoms. The van der Waals surface area contributed by atoms with E-state index in [0.29, 0.717) is 11.9 Å². The van der Waals surface area contributed by atoms with E-state index in [1.165, 1.54) is 0 Å². The molecule has 0 aromatic carbocycles. The van der Waals surface area contributed by atoms with E-state index < -0.39 is 0 Å². The second kappa shape index (κ2) is 9.28. The molecular weight excluding hydrogens is 214 g/mol. The van der Waals surface area contributed by atoms with Crippen LogP contribution in [0.5, 0.6) is 0 Å². The van der Waals surface area contributed by atoms with Crippen LogP contribution in [-0.2, 0) is 4.74 Å². The molecule has 0 amide bonds. The quantitative estimate of drug-likeness (QED) is 0.524. The van der Waals surface area contributed by atoms with Gasteiger partial charge in [0, 0.05) is 26.2 Å². The summed E-state index contributed by atoms with van der Waals surface area (Å²) in [5.41, 5.74) is 5.91. The van der Waals surface area contributed by atoms with Crippen LogP contribution in [-0.4, -0.2) is 43.2 Å². The summed E-state index contributed by atoms with van der Waals surface area (Å²) in [5.74, 6) is 1.17. The number of aliphatic imine (C=N–C) groups is 1. The van der Waals surface area contributed by atoms with Crippen LogP contribution >= 0.6 is 0 Å². The summed E-state index contributed by atoms with van der Waals surface area (Å²) >= 11 is 0. The van der Waals surface area contributed by atoms with Gasteiger partial charge in [-0.05, 0) is 33.1 Å². The maximum atomic E-state index is 5.91. The number of guanidine groups is 1. The Bertz CT molecular complexity index is 213. The van der Waals surface area contributed by atoms with Gasteiger partial charge in [-0.3, -0.25) is 4.99 Å². The molecule has 0 aliphatic rings. The lowest BCUT2D eigenvalue weighted by Gasteiger charge is -2.21. The zero-order valence-electron chi connectivity index (χ0n) is 12.1. The monoisotopic (exact) mass is 243 g/mol. The third-order valence-electron chi connectivity index (χ3n) is 2.90.